The molecule has 2 aromatic rings. The molecule has 1 amide bonds. The number of sulfonamides is 1. The highest BCUT2D eigenvalue weighted by Crippen LogP contribution is 2.22. The van der Waals surface area contributed by atoms with Gasteiger partial charge >= 0.3 is 5.97 Å². The van der Waals surface area contributed by atoms with Crippen LogP contribution in [0.15, 0.2) is 59.5 Å². The van der Waals surface area contributed by atoms with E-state index in [1.807, 2.05) is 30.3 Å². The first-order chi connectivity index (χ1) is 15.8. The minimum absolute atomic E-state index is 0.0915. The molecular weight excluding hydrogens is 464 g/mol. The molecule has 1 fully saturated rings. The molecule has 1 saturated heterocycles. The number of carbonyl (C=O) groups excluding carboxylic acids is 2. The fourth-order valence-corrected chi connectivity index (χ4v) is 5.33. The van der Waals surface area contributed by atoms with Crippen molar-refractivity contribution in [2.24, 2.45) is 5.92 Å². The van der Waals surface area contributed by atoms with Crippen LogP contribution in [0.5, 0.6) is 0 Å². The van der Waals surface area contributed by atoms with Gasteiger partial charge in [-0.15, -0.1) is 0 Å². The van der Waals surface area contributed by atoms with Crippen molar-refractivity contribution in [2.75, 3.05) is 32.8 Å². The summed E-state index contributed by atoms with van der Waals surface area (Å²) in [6.45, 7) is 2.80. The van der Waals surface area contributed by atoms with Gasteiger partial charge in [-0.05, 0) is 56.0 Å². The lowest BCUT2D eigenvalue weighted by molar-refractivity contribution is -0.151. The van der Waals surface area contributed by atoms with Crippen LogP contribution in [0.3, 0.4) is 0 Å². The van der Waals surface area contributed by atoms with Gasteiger partial charge in [-0.2, -0.15) is 4.31 Å². The van der Waals surface area contributed by atoms with E-state index in [0.717, 1.165) is 5.56 Å². The molecule has 1 heterocycles. The number of ether oxygens (including phenoxy) is 1. The van der Waals surface area contributed by atoms with Gasteiger partial charge in [0.05, 0.1) is 24.0 Å². The van der Waals surface area contributed by atoms with Gasteiger partial charge in [-0.3, -0.25) is 9.59 Å². The first kappa shape index (κ1) is 25.2. The average molecular weight is 493 g/mol. The molecule has 0 N–H and O–H groups in total. The molecule has 0 radical (unpaired) electrons. The molecule has 2 aromatic carbocycles. The molecular formula is C24H29ClN2O5S. The normalized spacial score (nSPS) is 14.9. The zero-order chi connectivity index (χ0) is 23.8. The number of hydrogen-bond acceptors (Lipinski definition) is 5. The molecule has 178 valence electrons. The third kappa shape index (κ3) is 6.79. The Morgan fingerprint density at radius 2 is 1.70 bits per heavy atom. The van der Waals surface area contributed by atoms with Crippen LogP contribution >= 0.6 is 11.6 Å². The molecule has 7 nitrogen and oxygen atoms in total. The molecule has 0 aliphatic carbocycles. The number of hydrogen-bond donors (Lipinski definition) is 0. The number of carbonyl (C=O) groups is 2. The second-order valence-electron chi connectivity index (χ2n) is 7.94. The van der Waals surface area contributed by atoms with E-state index in [1.54, 1.807) is 11.8 Å². The standard InChI is InChI=1S/C24H29ClN2O5S/c1-2-32-24(29)20-13-15-26(16-14-20)23(28)18-27(17-12-19-6-4-3-5-7-19)33(30,31)22-10-8-21(25)9-11-22/h3-11,20H,2,12-18H2,1H3. The quantitative estimate of drug-likeness (QED) is 0.501. The van der Waals surface area contributed by atoms with E-state index >= 15 is 0 Å². The number of benzene rings is 2. The van der Waals surface area contributed by atoms with E-state index in [1.165, 1.54) is 28.6 Å². The minimum Gasteiger partial charge on any atom is -0.466 e. The second-order valence-corrected chi connectivity index (χ2v) is 10.3. The van der Waals surface area contributed by atoms with Crippen molar-refractivity contribution in [3.05, 3.63) is 65.2 Å². The largest absolute Gasteiger partial charge is 0.466 e. The summed E-state index contributed by atoms with van der Waals surface area (Å²) in [5.74, 6) is -0.733. The Hall–Kier alpha value is -2.42. The minimum atomic E-state index is -3.90. The van der Waals surface area contributed by atoms with Crippen LogP contribution in [0.2, 0.25) is 5.02 Å². The molecule has 1 aliphatic rings. The average Bonchev–Trinajstić information content (AvgIpc) is 2.82. The Kier molecular flexibility index (Phi) is 8.88. The van der Waals surface area contributed by atoms with Crippen molar-refractivity contribution in [1.29, 1.82) is 0 Å². The SMILES string of the molecule is CCOC(=O)C1CCN(C(=O)CN(CCc2ccccc2)S(=O)(=O)c2ccc(Cl)cc2)CC1. The Balaban J connectivity index is 1.71. The van der Waals surface area contributed by atoms with Crippen molar-refractivity contribution >= 4 is 33.5 Å². The molecule has 1 aliphatic heterocycles. The summed E-state index contributed by atoms with van der Waals surface area (Å²) >= 11 is 5.92. The molecule has 9 heteroatoms. The van der Waals surface area contributed by atoms with Crippen LogP contribution in [0.4, 0.5) is 0 Å². The zero-order valence-corrected chi connectivity index (χ0v) is 20.2. The van der Waals surface area contributed by atoms with Crippen molar-refractivity contribution in [3.63, 3.8) is 0 Å². The molecule has 0 unspecified atom stereocenters. The number of halogens is 1. The van der Waals surface area contributed by atoms with Gasteiger partial charge in [-0.1, -0.05) is 41.9 Å². The summed E-state index contributed by atoms with van der Waals surface area (Å²) in [4.78, 5) is 26.7. The van der Waals surface area contributed by atoms with Crippen LogP contribution in [0.1, 0.15) is 25.3 Å². The van der Waals surface area contributed by atoms with Crippen molar-refractivity contribution in [2.45, 2.75) is 31.1 Å². The Bertz CT molecular complexity index is 1040. The smallest absolute Gasteiger partial charge is 0.309 e. The number of likely N-dealkylation sites (tertiary alicyclic amines) is 1. The van der Waals surface area contributed by atoms with E-state index in [0.29, 0.717) is 44.0 Å². The van der Waals surface area contributed by atoms with E-state index in [4.69, 9.17) is 16.3 Å². The number of nitrogens with zero attached hydrogens (tertiary/aromatic N) is 2. The summed E-state index contributed by atoms with van der Waals surface area (Å²) in [5.41, 5.74) is 0.983. The molecule has 0 aromatic heterocycles. The fourth-order valence-electron chi connectivity index (χ4n) is 3.81. The number of rotatable bonds is 9. The molecule has 0 saturated carbocycles. The van der Waals surface area contributed by atoms with E-state index in [-0.39, 0.29) is 35.8 Å². The number of amides is 1. The molecule has 33 heavy (non-hydrogen) atoms. The van der Waals surface area contributed by atoms with E-state index in [2.05, 4.69) is 0 Å². The van der Waals surface area contributed by atoms with E-state index in [9.17, 15) is 18.0 Å². The predicted molar refractivity (Wildman–Crippen MR) is 126 cm³/mol. The Morgan fingerprint density at radius 3 is 2.30 bits per heavy atom. The summed E-state index contributed by atoms with van der Waals surface area (Å²) in [6.07, 6.45) is 1.50. The summed E-state index contributed by atoms with van der Waals surface area (Å²) in [7, 11) is -3.90. The van der Waals surface area contributed by atoms with E-state index < -0.39 is 10.0 Å². The highest BCUT2D eigenvalue weighted by Gasteiger charge is 2.32. The van der Waals surface area contributed by atoms with Crippen LogP contribution < -0.4 is 0 Å². The molecule has 0 spiro atoms. The van der Waals surface area contributed by atoms with Gasteiger partial charge in [0.15, 0.2) is 0 Å². The molecule has 0 atom stereocenters. The summed E-state index contributed by atoms with van der Waals surface area (Å²) < 4.78 is 33.0. The Labute approximate surface area is 200 Å². The zero-order valence-electron chi connectivity index (χ0n) is 18.7. The van der Waals surface area contributed by atoms with Gasteiger partial charge in [0.25, 0.3) is 0 Å². The summed E-state index contributed by atoms with van der Waals surface area (Å²) in [6, 6.07) is 15.5. The predicted octanol–water partition coefficient (Wildman–Crippen LogP) is 3.38. The topological polar surface area (TPSA) is 84.0 Å². The third-order valence-corrected chi connectivity index (χ3v) is 7.83. The van der Waals surface area contributed by atoms with Crippen LogP contribution in [-0.2, 0) is 30.8 Å². The second kappa shape index (κ2) is 11.6. The van der Waals surface area contributed by atoms with Gasteiger partial charge < -0.3 is 9.64 Å². The lowest BCUT2D eigenvalue weighted by Crippen LogP contribution is -2.47. The van der Waals surface area contributed by atoms with Crippen molar-refractivity contribution in [1.82, 2.24) is 9.21 Å². The monoisotopic (exact) mass is 492 g/mol. The van der Waals surface area contributed by atoms with Crippen LogP contribution in [-0.4, -0.2) is 62.3 Å². The fraction of sp³-hybridized carbons (Fsp3) is 0.417. The van der Waals surface area contributed by atoms with Gasteiger partial charge in [-0.25, -0.2) is 8.42 Å². The van der Waals surface area contributed by atoms with Gasteiger partial charge in [0, 0.05) is 24.7 Å². The van der Waals surface area contributed by atoms with Crippen LogP contribution in [0, 0.1) is 5.92 Å². The first-order valence-corrected chi connectivity index (χ1v) is 12.9. The van der Waals surface area contributed by atoms with Gasteiger partial charge in [0.2, 0.25) is 15.9 Å². The third-order valence-electron chi connectivity index (χ3n) is 5.72. The first-order valence-electron chi connectivity index (χ1n) is 11.1. The maximum absolute atomic E-state index is 13.3. The van der Waals surface area contributed by atoms with Crippen molar-refractivity contribution in [3.8, 4) is 0 Å². The lowest BCUT2D eigenvalue weighted by Gasteiger charge is -2.32. The molecule has 3 rings (SSSR count). The van der Waals surface area contributed by atoms with Crippen molar-refractivity contribution < 1.29 is 22.7 Å². The maximum atomic E-state index is 13.3. The maximum Gasteiger partial charge on any atom is 0.309 e. The number of esters is 1. The van der Waals surface area contributed by atoms with Gasteiger partial charge in [0.1, 0.15) is 0 Å². The van der Waals surface area contributed by atoms with Crippen LogP contribution in [0.25, 0.3) is 0 Å². The highest BCUT2D eigenvalue weighted by molar-refractivity contribution is 7.89. The highest BCUT2D eigenvalue weighted by atomic mass is 35.5. The lowest BCUT2D eigenvalue weighted by atomic mass is 9.97. The summed E-state index contributed by atoms with van der Waals surface area (Å²) in [5, 5.41) is 0.435. The number of piperidine rings is 1. The Morgan fingerprint density at radius 1 is 1.06 bits per heavy atom. The molecule has 0 bridgehead atoms.